The first-order chi connectivity index (χ1) is 14.1. The minimum atomic E-state index is -4.12. The van der Waals surface area contributed by atoms with Crippen molar-refractivity contribution in [2.75, 3.05) is 14.2 Å². The van der Waals surface area contributed by atoms with Crippen LogP contribution in [0.25, 0.3) is 22.6 Å². The number of nitrogens with two attached hydrogens (primary N) is 1. The Bertz CT molecular complexity index is 1210. The van der Waals surface area contributed by atoms with Crippen LogP contribution < -0.4 is 9.88 Å². The topological polar surface area (TPSA) is 136 Å². The van der Waals surface area contributed by atoms with E-state index < -0.39 is 28.2 Å². The van der Waals surface area contributed by atoms with E-state index in [9.17, 15) is 22.8 Å². The molecule has 1 aromatic heterocycles. The normalized spacial score (nSPS) is 11.4. The van der Waals surface area contributed by atoms with Crippen molar-refractivity contribution in [3.8, 4) is 28.3 Å². The van der Waals surface area contributed by atoms with Gasteiger partial charge in [-0.3, -0.25) is 10.0 Å². The third kappa shape index (κ3) is 4.32. The molecule has 0 saturated carbocycles. The maximum atomic E-state index is 14.3. The number of halogens is 1. The summed E-state index contributed by atoms with van der Waals surface area (Å²) in [6.07, 6.45) is -0.407. The highest BCUT2D eigenvalue weighted by atomic mass is 32.2. The molecule has 158 valence electrons. The molecule has 1 amide bonds. The third-order valence-corrected chi connectivity index (χ3v) is 5.17. The van der Waals surface area contributed by atoms with Gasteiger partial charge in [-0.25, -0.2) is 28.0 Å². The number of ether oxygens (including phenoxy) is 1. The van der Waals surface area contributed by atoms with E-state index in [-0.39, 0.29) is 39.1 Å². The summed E-state index contributed by atoms with van der Waals surface area (Å²) in [5.74, 6) is -1.50. The largest absolute Gasteiger partial charge is 0.494 e. The fourth-order valence-electron chi connectivity index (χ4n) is 2.78. The van der Waals surface area contributed by atoms with Crippen LogP contribution >= 0.6 is 0 Å². The third-order valence-electron chi connectivity index (χ3n) is 4.20. The van der Waals surface area contributed by atoms with Crippen molar-refractivity contribution in [2.45, 2.75) is 11.3 Å². The fourth-order valence-corrected chi connectivity index (χ4v) is 3.51. The molecule has 0 aliphatic rings. The van der Waals surface area contributed by atoms with E-state index in [2.05, 4.69) is 4.98 Å². The van der Waals surface area contributed by atoms with E-state index in [0.717, 1.165) is 13.1 Å². The van der Waals surface area contributed by atoms with E-state index in [1.54, 1.807) is 6.07 Å². The van der Waals surface area contributed by atoms with E-state index in [1.807, 2.05) is 0 Å². The van der Waals surface area contributed by atoms with Gasteiger partial charge in [-0.2, -0.15) is 0 Å². The quantitative estimate of drug-likeness (QED) is 0.447. The SMILES string of the molecule is COc1ccc(-c2nc(CC(=O)N(C)O)oc2-c2ccccc2S(N)(=O)=O)cc1F. The molecule has 0 unspecified atom stereocenters. The summed E-state index contributed by atoms with van der Waals surface area (Å²) in [5, 5.41) is 15.0. The zero-order valence-electron chi connectivity index (χ0n) is 16.0. The molecule has 0 radical (unpaired) electrons. The molecule has 0 aliphatic carbocycles. The number of amides is 1. The standard InChI is InChI=1S/C19H18FN3O6S/c1-23(25)17(24)10-16-22-18(11-7-8-14(28-2)13(20)9-11)19(29-16)12-5-3-4-6-15(12)30(21,26)27/h3-9,25H,10H2,1-2H3,(H2,21,26,27). The monoisotopic (exact) mass is 435 g/mol. The Labute approximate surface area is 171 Å². The summed E-state index contributed by atoms with van der Waals surface area (Å²) in [5.41, 5.74) is 0.443. The minimum Gasteiger partial charge on any atom is -0.494 e. The molecule has 0 fully saturated rings. The van der Waals surface area contributed by atoms with Gasteiger partial charge in [-0.05, 0) is 30.3 Å². The van der Waals surface area contributed by atoms with E-state index in [0.29, 0.717) is 5.06 Å². The number of benzene rings is 2. The highest BCUT2D eigenvalue weighted by molar-refractivity contribution is 7.89. The molecule has 0 aliphatic heterocycles. The Morgan fingerprint density at radius 1 is 1.30 bits per heavy atom. The molecule has 3 N–H and O–H groups in total. The van der Waals surface area contributed by atoms with Crippen molar-refractivity contribution in [2.24, 2.45) is 5.14 Å². The zero-order valence-corrected chi connectivity index (χ0v) is 16.8. The summed E-state index contributed by atoms with van der Waals surface area (Å²) < 4.78 is 48.9. The van der Waals surface area contributed by atoms with Crippen LogP contribution in [-0.4, -0.2) is 43.7 Å². The number of hydrogen-bond donors (Lipinski definition) is 2. The first-order valence-corrected chi connectivity index (χ1v) is 10.1. The smallest absolute Gasteiger partial charge is 0.254 e. The van der Waals surface area contributed by atoms with Gasteiger partial charge in [0.2, 0.25) is 15.9 Å². The van der Waals surface area contributed by atoms with Crippen molar-refractivity contribution in [3.05, 3.63) is 54.2 Å². The summed E-state index contributed by atoms with van der Waals surface area (Å²) in [7, 11) is -1.67. The van der Waals surface area contributed by atoms with Crippen LogP contribution in [0.4, 0.5) is 4.39 Å². The summed E-state index contributed by atoms with van der Waals surface area (Å²) >= 11 is 0. The maximum absolute atomic E-state index is 14.3. The molecule has 0 saturated heterocycles. The molecule has 11 heteroatoms. The average molecular weight is 435 g/mol. The number of hydrogen-bond acceptors (Lipinski definition) is 7. The highest BCUT2D eigenvalue weighted by Gasteiger charge is 2.25. The number of nitrogens with zero attached hydrogens (tertiary/aromatic N) is 2. The number of hydroxylamine groups is 2. The van der Waals surface area contributed by atoms with Crippen LogP contribution in [0.5, 0.6) is 5.75 Å². The van der Waals surface area contributed by atoms with Gasteiger partial charge in [0.05, 0.1) is 12.0 Å². The summed E-state index contributed by atoms with van der Waals surface area (Å²) in [6.45, 7) is 0. The number of methoxy groups -OCH3 is 1. The second-order valence-electron chi connectivity index (χ2n) is 6.27. The predicted molar refractivity (Wildman–Crippen MR) is 104 cm³/mol. The van der Waals surface area contributed by atoms with E-state index in [4.69, 9.17) is 14.3 Å². The highest BCUT2D eigenvalue weighted by Crippen LogP contribution is 2.37. The van der Waals surface area contributed by atoms with Gasteiger partial charge in [-0.15, -0.1) is 0 Å². The van der Waals surface area contributed by atoms with Crippen LogP contribution in [0.3, 0.4) is 0 Å². The summed E-state index contributed by atoms with van der Waals surface area (Å²) in [4.78, 5) is 15.9. The van der Waals surface area contributed by atoms with Crippen molar-refractivity contribution in [1.82, 2.24) is 10.0 Å². The number of sulfonamides is 1. The molecule has 2 aromatic carbocycles. The van der Waals surface area contributed by atoms with Gasteiger partial charge in [-0.1, -0.05) is 12.1 Å². The second-order valence-corrected chi connectivity index (χ2v) is 7.80. The molecule has 1 heterocycles. The molecular formula is C19H18FN3O6S. The lowest BCUT2D eigenvalue weighted by Crippen LogP contribution is -2.24. The Morgan fingerprint density at radius 2 is 2.00 bits per heavy atom. The van der Waals surface area contributed by atoms with Crippen LogP contribution in [0, 0.1) is 5.82 Å². The van der Waals surface area contributed by atoms with Gasteiger partial charge in [0, 0.05) is 18.2 Å². The number of primary sulfonamides is 1. The number of likely N-dealkylation sites (N-methyl/N-ethyl adjacent to an activating group) is 1. The number of oxazole rings is 1. The number of aromatic nitrogens is 1. The molecule has 0 bridgehead atoms. The van der Waals surface area contributed by atoms with Crippen LogP contribution in [0.1, 0.15) is 5.89 Å². The molecular weight excluding hydrogens is 417 g/mol. The molecule has 0 spiro atoms. The Hall–Kier alpha value is -3.28. The lowest BCUT2D eigenvalue weighted by molar-refractivity contribution is -0.158. The Balaban J connectivity index is 2.23. The Morgan fingerprint density at radius 3 is 2.60 bits per heavy atom. The number of rotatable bonds is 6. The predicted octanol–water partition coefficient (Wildman–Crippen LogP) is 2.19. The lowest BCUT2D eigenvalue weighted by Gasteiger charge is -2.08. The minimum absolute atomic E-state index is 0.00559. The summed E-state index contributed by atoms with van der Waals surface area (Å²) in [6, 6.07) is 9.82. The van der Waals surface area contributed by atoms with E-state index >= 15 is 0 Å². The second kappa shape index (κ2) is 8.22. The number of carbonyl (C=O) groups excluding carboxylic acids is 1. The van der Waals surface area contributed by atoms with Crippen molar-refractivity contribution >= 4 is 15.9 Å². The van der Waals surface area contributed by atoms with Crippen molar-refractivity contribution in [3.63, 3.8) is 0 Å². The number of carbonyl (C=O) groups is 1. The molecule has 3 aromatic rings. The molecule has 9 nitrogen and oxygen atoms in total. The van der Waals surface area contributed by atoms with Gasteiger partial charge in [0.1, 0.15) is 12.1 Å². The van der Waals surface area contributed by atoms with Crippen LogP contribution in [-0.2, 0) is 21.2 Å². The van der Waals surface area contributed by atoms with Crippen molar-refractivity contribution < 1.29 is 32.0 Å². The van der Waals surface area contributed by atoms with Crippen LogP contribution in [0.15, 0.2) is 51.8 Å². The van der Waals surface area contributed by atoms with Gasteiger partial charge < -0.3 is 9.15 Å². The molecule has 30 heavy (non-hydrogen) atoms. The lowest BCUT2D eigenvalue weighted by atomic mass is 10.1. The Kier molecular flexibility index (Phi) is 5.87. The first-order valence-electron chi connectivity index (χ1n) is 8.53. The zero-order chi connectivity index (χ0) is 22.1. The molecule has 0 atom stereocenters. The van der Waals surface area contributed by atoms with E-state index in [1.165, 1.54) is 37.4 Å². The molecule has 3 rings (SSSR count). The van der Waals surface area contributed by atoms with Crippen LogP contribution in [0.2, 0.25) is 0 Å². The van der Waals surface area contributed by atoms with Crippen molar-refractivity contribution in [1.29, 1.82) is 0 Å². The first kappa shape index (κ1) is 21.4. The van der Waals surface area contributed by atoms with Gasteiger partial charge >= 0.3 is 0 Å². The average Bonchev–Trinajstić information content (AvgIpc) is 3.10. The fraction of sp³-hybridized carbons (Fsp3) is 0.158. The van der Waals surface area contributed by atoms with Gasteiger partial charge in [0.15, 0.2) is 17.3 Å². The maximum Gasteiger partial charge on any atom is 0.254 e. The van der Waals surface area contributed by atoms with Gasteiger partial charge in [0.25, 0.3) is 5.91 Å².